The molecule has 0 radical (unpaired) electrons. The largest absolute Gasteiger partial charge is 0.316 e. The number of rotatable bonds is 2. The van der Waals surface area contributed by atoms with E-state index < -0.39 is 0 Å². The number of nitrogens with zero attached hydrogens (tertiary/aromatic N) is 3. The van der Waals surface area contributed by atoms with Gasteiger partial charge in [0.2, 0.25) is 0 Å². The molecule has 0 aromatic carbocycles. The summed E-state index contributed by atoms with van der Waals surface area (Å²) in [6.45, 7) is 7.53. The summed E-state index contributed by atoms with van der Waals surface area (Å²) in [6, 6.07) is 0. The molecule has 0 amide bonds. The molecule has 2 atom stereocenters. The molecule has 14 heavy (non-hydrogen) atoms. The van der Waals surface area contributed by atoms with E-state index in [-0.39, 0.29) is 0 Å². The zero-order valence-electron chi connectivity index (χ0n) is 8.90. The van der Waals surface area contributed by atoms with Gasteiger partial charge >= 0.3 is 0 Å². The second-order valence-corrected chi connectivity index (χ2v) is 4.17. The lowest BCUT2D eigenvalue weighted by Gasteiger charge is -2.27. The molecule has 1 fully saturated rings. The Morgan fingerprint density at radius 3 is 3.14 bits per heavy atom. The molecule has 1 saturated heterocycles. The van der Waals surface area contributed by atoms with E-state index in [2.05, 4.69) is 29.5 Å². The molecule has 0 spiro atoms. The zero-order valence-corrected chi connectivity index (χ0v) is 8.90. The van der Waals surface area contributed by atoms with E-state index in [0.29, 0.717) is 5.92 Å². The van der Waals surface area contributed by atoms with Crippen molar-refractivity contribution in [3.05, 3.63) is 11.9 Å². The third-order valence-electron chi connectivity index (χ3n) is 2.94. The normalized spacial score (nSPS) is 27.9. The van der Waals surface area contributed by atoms with Crippen LogP contribution in [0.4, 0.5) is 0 Å². The van der Waals surface area contributed by atoms with Gasteiger partial charge in [0, 0.05) is 19.0 Å². The highest BCUT2D eigenvalue weighted by molar-refractivity contribution is 5.06. The minimum Gasteiger partial charge on any atom is -0.316 e. The SMILES string of the molecule is CCn1nncc1C1CNCC(C)C1. The van der Waals surface area contributed by atoms with Crippen molar-refractivity contribution in [3.63, 3.8) is 0 Å². The van der Waals surface area contributed by atoms with Gasteiger partial charge in [-0.3, -0.25) is 0 Å². The topological polar surface area (TPSA) is 42.7 Å². The summed E-state index contributed by atoms with van der Waals surface area (Å²) in [5.74, 6) is 1.35. The van der Waals surface area contributed by atoms with Gasteiger partial charge in [0.1, 0.15) is 0 Å². The molecule has 1 aromatic rings. The Morgan fingerprint density at radius 1 is 1.57 bits per heavy atom. The first-order chi connectivity index (χ1) is 6.81. The molecule has 0 bridgehead atoms. The molecule has 2 unspecified atom stereocenters. The Hall–Kier alpha value is -0.900. The first kappa shape index (κ1) is 9.65. The average Bonchev–Trinajstić information content (AvgIpc) is 2.65. The number of piperidine rings is 1. The summed E-state index contributed by atoms with van der Waals surface area (Å²) in [6.07, 6.45) is 3.16. The van der Waals surface area contributed by atoms with Gasteiger partial charge in [0.25, 0.3) is 0 Å². The maximum Gasteiger partial charge on any atom is 0.0728 e. The van der Waals surface area contributed by atoms with Crippen LogP contribution in [0.25, 0.3) is 0 Å². The van der Waals surface area contributed by atoms with E-state index in [1.54, 1.807) is 0 Å². The fourth-order valence-corrected chi connectivity index (χ4v) is 2.21. The molecule has 1 aliphatic heterocycles. The fraction of sp³-hybridized carbons (Fsp3) is 0.800. The Balaban J connectivity index is 2.13. The summed E-state index contributed by atoms with van der Waals surface area (Å²) in [4.78, 5) is 0. The third kappa shape index (κ3) is 1.80. The van der Waals surface area contributed by atoms with Crippen LogP contribution in [0.2, 0.25) is 0 Å². The van der Waals surface area contributed by atoms with E-state index in [4.69, 9.17) is 0 Å². The van der Waals surface area contributed by atoms with Crippen LogP contribution in [0.15, 0.2) is 6.20 Å². The van der Waals surface area contributed by atoms with Gasteiger partial charge < -0.3 is 5.32 Å². The van der Waals surface area contributed by atoms with E-state index in [1.807, 2.05) is 10.9 Å². The summed E-state index contributed by atoms with van der Waals surface area (Å²) in [7, 11) is 0. The maximum absolute atomic E-state index is 4.07. The first-order valence-corrected chi connectivity index (χ1v) is 5.40. The van der Waals surface area contributed by atoms with E-state index in [0.717, 1.165) is 25.6 Å². The second kappa shape index (κ2) is 4.09. The zero-order chi connectivity index (χ0) is 9.97. The summed E-state index contributed by atoms with van der Waals surface area (Å²) >= 11 is 0. The van der Waals surface area contributed by atoms with Crippen molar-refractivity contribution in [3.8, 4) is 0 Å². The lowest BCUT2D eigenvalue weighted by atomic mass is 9.90. The number of hydrogen-bond acceptors (Lipinski definition) is 3. The molecule has 4 heteroatoms. The molecule has 1 aromatic heterocycles. The van der Waals surface area contributed by atoms with Crippen molar-refractivity contribution >= 4 is 0 Å². The van der Waals surface area contributed by atoms with Crippen LogP contribution >= 0.6 is 0 Å². The number of aryl methyl sites for hydroxylation is 1. The standard InChI is InChI=1S/C10H18N4/c1-3-14-10(7-12-13-14)9-4-8(2)5-11-6-9/h7-9,11H,3-6H2,1-2H3. The molecule has 0 aliphatic carbocycles. The van der Waals surface area contributed by atoms with Crippen LogP contribution < -0.4 is 5.32 Å². The van der Waals surface area contributed by atoms with Crippen LogP contribution in [-0.2, 0) is 6.54 Å². The molecule has 1 N–H and O–H groups in total. The van der Waals surface area contributed by atoms with Crippen LogP contribution in [0.3, 0.4) is 0 Å². The monoisotopic (exact) mass is 194 g/mol. The van der Waals surface area contributed by atoms with Crippen molar-refractivity contribution in [2.45, 2.75) is 32.7 Å². The lowest BCUT2D eigenvalue weighted by Crippen LogP contribution is -2.34. The van der Waals surface area contributed by atoms with Crippen LogP contribution in [0.5, 0.6) is 0 Å². The highest BCUT2D eigenvalue weighted by atomic mass is 15.4. The van der Waals surface area contributed by atoms with Gasteiger partial charge in [0.05, 0.1) is 11.9 Å². The van der Waals surface area contributed by atoms with Gasteiger partial charge in [-0.2, -0.15) is 0 Å². The van der Waals surface area contributed by atoms with Crippen molar-refractivity contribution in [2.24, 2.45) is 5.92 Å². The fourth-order valence-electron chi connectivity index (χ4n) is 2.21. The summed E-state index contributed by atoms with van der Waals surface area (Å²) in [5, 5.41) is 11.5. The first-order valence-electron chi connectivity index (χ1n) is 5.40. The Labute approximate surface area is 84.7 Å². The van der Waals surface area contributed by atoms with E-state index in [1.165, 1.54) is 12.1 Å². The number of hydrogen-bond donors (Lipinski definition) is 1. The molecule has 2 rings (SSSR count). The van der Waals surface area contributed by atoms with E-state index in [9.17, 15) is 0 Å². The molecule has 78 valence electrons. The van der Waals surface area contributed by atoms with E-state index >= 15 is 0 Å². The van der Waals surface area contributed by atoms with Crippen molar-refractivity contribution in [2.75, 3.05) is 13.1 Å². The van der Waals surface area contributed by atoms with Gasteiger partial charge in [-0.1, -0.05) is 12.1 Å². The van der Waals surface area contributed by atoms with Crippen LogP contribution in [-0.4, -0.2) is 28.1 Å². The predicted molar refractivity (Wildman–Crippen MR) is 55.1 cm³/mol. The third-order valence-corrected chi connectivity index (χ3v) is 2.94. The molecule has 2 heterocycles. The molecule has 0 saturated carbocycles. The second-order valence-electron chi connectivity index (χ2n) is 4.17. The molecule has 1 aliphatic rings. The summed E-state index contributed by atoms with van der Waals surface area (Å²) < 4.78 is 2.00. The van der Waals surface area contributed by atoms with Crippen LogP contribution in [0, 0.1) is 5.92 Å². The number of nitrogens with one attached hydrogen (secondary N) is 1. The van der Waals surface area contributed by atoms with Gasteiger partial charge in [0.15, 0.2) is 0 Å². The maximum atomic E-state index is 4.07. The highest BCUT2D eigenvalue weighted by Gasteiger charge is 2.22. The Kier molecular flexibility index (Phi) is 2.82. The molecular weight excluding hydrogens is 176 g/mol. The van der Waals surface area contributed by atoms with Gasteiger partial charge in [-0.05, 0) is 25.8 Å². The quantitative estimate of drug-likeness (QED) is 0.764. The summed E-state index contributed by atoms with van der Waals surface area (Å²) in [5.41, 5.74) is 1.28. The molecule has 4 nitrogen and oxygen atoms in total. The van der Waals surface area contributed by atoms with Crippen LogP contribution in [0.1, 0.15) is 31.9 Å². The Morgan fingerprint density at radius 2 is 2.43 bits per heavy atom. The van der Waals surface area contributed by atoms with Crippen molar-refractivity contribution in [1.82, 2.24) is 20.3 Å². The average molecular weight is 194 g/mol. The minimum atomic E-state index is 0.591. The van der Waals surface area contributed by atoms with Gasteiger partial charge in [-0.25, -0.2) is 4.68 Å². The number of aromatic nitrogens is 3. The smallest absolute Gasteiger partial charge is 0.0728 e. The Bertz CT molecular complexity index is 294. The molecular formula is C10H18N4. The lowest BCUT2D eigenvalue weighted by molar-refractivity contribution is 0.350. The van der Waals surface area contributed by atoms with Crippen molar-refractivity contribution in [1.29, 1.82) is 0 Å². The van der Waals surface area contributed by atoms with Crippen molar-refractivity contribution < 1.29 is 0 Å². The minimum absolute atomic E-state index is 0.591. The predicted octanol–water partition coefficient (Wildman–Crippen LogP) is 1.01. The van der Waals surface area contributed by atoms with Gasteiger partial charge in [-0.15, -0.1) is 5.10 Å². The highest BCUT2D eigenvalue weighted by Crippen LogP contribution is 2.25.